The van der Waals surface area contributed by atoms with Crippen LogP contribution in [0.5, 0.6) is 0 Å². The molecule has 0 aromatic carbocycles. The Morgan fingerprint density at radius 1 is 1.32 bits per heavy atom. The van der Waals surface area contributed by atoms with E-state index in [1.54, 1.807) is 18.7 Å². The Kier molecular flexibility index (Phi) is 3.12. The summed E-state index contributed by atoms with van der Waals surface area (Å²) >= 11 is 0. The lowest BCUT2D eigenvalue weighted by Gasteiger charge is -2.05. The van der Waals surface area contributed by atoms with Crippen molar-refractivity contribution in [1.29, 1.82) is 0 Å². The fourth-order valence-electron chi connectivity index (χ4n) is 1.79. The quantitative estimate of drug-likeness (QED) is 0.907. The van der Waals surface area contributed by atoms with Gasteiger partial charge in [0.05, 0.1) is 23.5 Å². The minimum atomic E-state index is -3.13. The molecule has 0 aliphatic heterocycles. The Balaban J connectivity index is 1.66. The first kappa shape index (κ1) is 12.4. The third kappa shape index (κ3) is 2.85. The number of hydrogen-bond acceptors (Lipinski definition) is 4. The minimum Gasteiger partial charge on any atom is -0.472 e. The molecule has 1 aliphatic carbocycles. The first-order valence-electron chi connectivity index (χ1n) is 6.11. The molecule has 2 heterocycles. The number of sulfonamides is 1. The molecule has 1 N–H and O–H groups in total. The third-order valence-electron chi connectivity index (χ3n) is 3.08. The second-order valence-electron chi connectivity index (χ2n) is 4.63. The summed E-state index contributed by atoms with van der Waals surface area (Å²) in [6, 6.07) is 5.55. The Morgan fingerprint density at radius 3 is 2.74 bits per heavy atom. The van der Waals surface area contributed by atoms with Gasteiger partial charge in [0.1, 0.15) is 0 Å². The van der Waals surface area contributed by atoms with Gasteiger partial charge >= 0.3 is 0 Å². The van der Waals surface area contributed by atoms with E-state index in [0.717, 1.165) is 29.7 Å². The fourth-order valence-corrected chi connectivity index (χ4v) is 3.15. The van der Waals surface area contributed by atoms with Crippen molar-refractivity contribution in [2.75, 3.05) is 0 Å². The molecule has 0 atom stereocenters. The van der Waals surface area contributed by atoms with Gasteiger partial charge in [-0.3, -0.25) is 4.98 Å². The predicted molar refractivity (Wildman–Crippen MR) is 70.7 cm³/mol. The summed E-state index contributed by atoms with van der Waals surface area (Å²) in [7, 11) is -3.13. The second kappa shape index (κ2) is 4.79. The van der Waals surface area contributed by atoms with Gasteiger partial charge in [-0.25, -0.2) is 13.1 Å². The Hall–Kier alpha value is -1.66. The third-order valence-corrected chi connectivity index (χ3v) is 4.98. The Morgan fingerprint density at radius 2 is 2.16 bits per heavy atom. The van der Waals surface area contributed by atoms with Crippen LogP contribution in [0.15, 0.2) is 41.3 Å². The molecule has 2 aromatic rings. The number of rotatable bonds is 5. The molecule has 0 amide bonds. The average molecular weight is 278 g/mol. The standard InChI is InChI=1S/C13H14N2O3S/c16-19(17,12-2-3-12)15-8-10-1-4-13(14-7-10)11-5-6-18-9-11/h1,4-7,9,12,15H,2-3,8H2. The highest BCUT2D eigenvalue weighted by molar-refractivity contribution is 7.90. The Labute approximate surface area is 111 Å². The van der Waals surface area contributed by atoms with E-state index in [1.807, 2.05) is 18.2 Å². The zero-order valence-corrected chi connectivity index (χ0v) is 11.1. The van der Waals surface area contributed by atoms with Crippen LogP contribution in [0.3, 0.4) is 0 Å². The van der Waals surface area contributed by atoms with E-state index in [9.17, 15) is 8.42 Å². The zero-order chi connectivity index (χ0) is 13.3. The van der Waals surface area contributed by atoms with Crippen LogP contribution in [0, 0.1) is 0 Å². The van der Waals surface area contributed by atoms with Crippen molar-refractivity contribution in [3.63, 3.8) is 0 Å². The molecular weight excluding hydrogens is 264 g/mol. The van der Waals surface area contributed by atoms with E-state index in [2.05, 4.69) is 9.71 Å². The van der Waals surface area contributed by atoms with E-state index in [-0.39, 0.29) is 11.8 Å². The van der Waals surface area contributed by atoms with E-state index in [0.29, 0.717) is 0 Å². The summed E-state index contributed by atoms with van der Waals surface area (Å²) in [6.07, 6.45) is 6.43. The van der Waals surface area contributed by atoms with Crippen LogP contribution in [0.4, 0.5) is 0 Å². The van der Waals surface area contributed by atoms with Crippen LogP contribution in [-0.4, -0.2) is 18.7 Å². The summed E-state index contributed by atoms with van der Waals surface area (Å²) in [6.45, 7) is 0.289. The maximum absolute atomic E-state index is 11.7. The number of aromatic nitrogens is 1. The highest BCUT2D eigenvalue weighted by Crippen LogP contribution is 2.27. The second-order valence-corrected chi connectivity index (χ2v) is 6.67. The number of pyridine rings is 1. The van der Waals surface area contributed by atoms with E-state index in [4.69, 9.17) is 4.42 Å². The van der Waals surface area contributed by atoms with Crippen molar-refractivity contribution in [3.8, 4) is 11.3 Å². The number of nitrogens with one attached hydrogen (secondary N) is 1. The lowest BCUT2D eigenvalue weighted by atomic mass is 10.2. The fraction of sp³-hybridized carbons (Fsp3) is 0.308. The van der Waals surface area contributed by atoms with Crippen LogP contribution in [-0.2, 0) is 16.6 Å². The van der Waals surface area contributed by atoms with Gasteiger partial charge in [-0.15, -0.1) is 0 Å². The first-order chi connectivity index (χ1) is 9.15. The van der Waals surface area contributed by atoms with Gasteiger partial charge in [0.25, 0.3) is 0 Å². The molecule has 0 radical (unpaired) electrons. The molecule has 100 valence electrons. The van der Waals surface area contributed by atoms with Crippen molar-refractivity contribution in [1.82, 2.24) is 9.71 Å². The van der Waals surface area contributed by atoms with Gasteiger partial charge in [0.2, 0.25) is 10.0 Å². The summed E-state index contributed by atoms with van der Waals surface area (Å²) < 4.78 is 30.9. The van der Waals surface area contributed by atoms with Crippen molar-refractivity contribution in [2.45, 2.75) is 24.6 Å². The van der Waals surface area contributed by atoms with Gasteiger partial charge in [-0.1, -0.05) is 6.07 Å². The molecule has 5 nitrogen and oxygen atoms in total. The molecule has 3 rings (SSSR count). The molecule has 1 aliphatic rings. The van der Waals surface area contributed by atoms with Gasteiger partial charge in [-0.05, 0) is 30.5 Å². The SMILES string of the molecule is O=S(=O)(NCc1ccc(-c2ccoc2)nc1)C1CC1. The molecule has 0 spiro atoms. The van der Waals surface area contributed by atoms with Crippen molar-refractivity contribution in [3.05, 3.63) is 42.5 Å². The summed E-state index contributed by atoms with van der Waals surface area (Å²) in [5.74, 6) is 0. The minimum absolute atomic E-state index is 0.189. The normalized spacial score (nSPS) is 15.6. The van der Waals surface area contributed by atoms with E-state index < -0.39 is 10.0 Å². The lowest BCUT2D eigenvalue weighted by molar-refractivity contribution is 0.568. The van der Waals surface area contributed by atoms with E-state index in [1.165, 1.54) is 0 Å². The van der Waals surface area contributed by atoms with Gasteiger partial charge in [0, 0.05) is 18.3 Å². The van der Waals surface area contributed by atoms with Gasteiger partial charge in [0.15, 0.2) is 0 Å². The van der Waals surface area contributed by atoms with Gasteiger partial charge in [-0.2, -0.15) is 0 Å². The van der Waals surface area contributed by atoms with E-state index >= 15 is 0 Å². The highest BCUT2D eigenvalue weighted by atomic mass is 32.2. The maximum Gasteiger partial charge on any atom is 0.214 e. The molecule has 6 heteroatoms. The molecule has 0 bridgehead atoms. The predicted octanol–water partition coefficient (Wildman–Crippen LogP) is 1.92. The summed E-state index contributed by atoms with van der Waals surface area (Å²) in [5.41, 5.74) is 2.56. The molecular formula is C13H14N2O3S. The molecule has 1 fully saturated rings. The van der Waals surface area contributed by atoms with Crippen molar-refractivity contribution < 1.29 is 12.8 Å². The topological polar surface area (TPSA) is 72.2 Å². The van der Waals surface area contributed by atoms with Crippen molar-refractivity contribution in [2.24, 2.45) is 0 Å². The molecule has 2 aromatic heterocycles. The highest BCUT2D eigenvalue weighted by Gasteiger charge is 2.35. The van der Waals surface area contributed by atoms with Crippen LogP contribution < -0.4 is 4.72 Å². The van der Waals surface area contributed by atoms with Crippen molar-refractivity contribution >= 4 is 10.0 Å². The lowest BCUT2D eigenvalue weighted by Crippen LogP contribution is -2.26. The van der Waals surface area contributed by atoms with Gasteiger partial charge < -0.3 is 4.42 Å². The van der Waals surface area contributed by atoms with Crippen LogP contribution in [0.1, 0.15) is 18.4 Å². The monoisotopic (exact) mass is 278 g/mol. The van der Waals surface area contributed by atoms with Crippen LogP contribution in [0.25, 0.3) is 11.3 Å². The first-order valence-corrected chi connectivity index (χ1v) is 7.66. The van der Waals surface area contributed by atoms with Crippen LogP contribution >= 0.6 is 0 Å². The number of hydrogen-bond donors (Lipinski definition) is 1. The smallest absolute Gasteiger partial charge is 0.214 e. The Bertz CT molecular complexity index is 644. The average Bonchev–Trinajstić information content (AvgIpc) is 3.15. The summed E-state index contributed by atoms with van der Waals surface area (Å²) in [4.78, 5) is 4.29. The largest absolute Gasteiger partial charge is 0.472 e. The molecule has 19 heavy (non-hydrogen) atoms. The van der Waals surface area contributed by atoms with Crippen LogP contribution in [0.2, 0.25) is 0 Å². The maximum atomic E-state index is 11.7. The number of furan rings is 1. The molecule has 1 saturated carbocycles. The molecule has 0 saturated heterocycles. The molecule has 0 unspecified atom stereocenters. The zero-order valence-electron chi connectivity index (χ0n) is 10.2. The number of nitrogens with zero attached hydrogens (tertiary/aromatic N) is 1. The summed E-state index contributed by atoms with van der Waals surface area (Å²) in [5, 5.41) is -0.189.